The number of nitrogens with zero attached hydrogens (tertiary/aromatic N) is 5. The monoisotopic (exact) mass is 324 g/mol. The molecule has 1 aliphatic heterocycles. The lowest BCUT2D eigenvalue weighted by molar-refractivity contribution is 0.526. The van der Waals surface area contributed by atoms with Gasteiger partial charge in [0.05, 0.1) is 0 Å². The third-order valence-corrected chi connectivity index (χ3v) is 4.65. The highest BCUT2D eigenvalue weighted by Crippen LogP contribution is 2.33. The maximum atomic E-state index is 9.13. The Morgan fingerprint density at radius 2 is 2.24 bits per heavy atom. The zero-order valence-electron chi connectivity index (χ0n) is 11.0. The van der Waals surface area contributed by atoms with Crippen molar-refractivity contribution in [2.24, 2.45) is 0 Å². The third kappa shape index (κ3) is 2.86. The number of piperidine rings is 1. The molecule has 0 atom stereocenters. The Balaban J connectivity index is 1.61. The molecule has 2 aromatic heterocycles. The Kier molecular flexibility index (Phi) is 3.81. The van der Waals surface area contributed by atoms with Crippen LogP contribution in [0.25, 0.3) is 0 Å². The van der Waals surface area contributed by atoms with E-state index in [1.54, 1.807) is 0 Å². The molecular weight excluding hydrogens is 312 g/mol. The molecule has 2 aromatic rings. The Morgan fingerprint density at radius 1 is 1.48 bits per heavy atom. The topological polar surface area (TPSA) is 120 Å². The number of hydrogen-bond acceptors (Lipinski definition) is 8. The number of aromatic nitrogens is 4. The Morgan fingerprint density at radius 3 is 2.86 bits per heavy atom. The highest BCUT2D eigenvalue weighted by molar-refractivity contribution is 7.10. The predicted octanol–water partition coefficient (Wildman–Crippen LogP) is 1.45. The van der Waals surface area contributed by atoms with Crippen molar-refractivity contribution in [3.05, 3.63) is 10.7 Å². The number of nitrogens with two attached hydrogens (primary N) is 1. The molecule has 0 bridgehead atoms. The molecule has 0 aromatic carbocycles. The van der Waals surface area contributed by atoms with Gasteiger partial charge in [-0.1, -0.05) is 11.6 Å². The Labute approximate surface area is 130 Å². The molecule has 1 saturated heterocycles. The standard InChI is InChI=1S/C11H13ClN8S/c12-8-7(5-13)9(21-19-8)20-3-1-6(2-4-20)15-11-16-10(14)17-18-11/h6H,1-4H2,(H4,14,15,16,17,18). The Bertz CT molecular complexity index is 666. The normalized spacial score (nSPS) is 15.9. The van der Waals surface area contributed by atoms with Gasteiger partial charge in [0.1, 0.15) is 16.6 Å². The predicted molar refractivity (Wildman–Crippen MR) is 81.5 cm³/mol. The van der Waals surface area contributed by atoms with Crippen molar-refractivity contribution >= 4 is 40.0 Å². The summed E-state index contributed by atoms with van der Waals surface area (Å²) in [6, 6.07) is 2.40. The van der Waals surface area contributed by atoms with E-state index in [0.717, 1.165) is 30.9 Å². The van der Waals surface area contributed by atoms with Crippen LogP contribution in [-0.2, 0) is 0 Å². The smallest absolute Gasteiger partial charge is 0.243 e. The van der Waals surface area contributed by atoms with Gasteiger partial charge < -0.3 is 16.0 Å². The molecule has 0 spiro atoms. The average molecular weight is 325 g/mol. The largest absolute Gasteiger partial charge is 0.368 e. The van der Waals surface area contributed by atoms with E-state index in [0.29, 0.717) is 17.5 Å². The summed E-state index contributed by atoms with van der Waals surface area (Å²) in [5.74, 6) is 0.817. The molecule has 0 aliphatic carbocycles. The summed E-state index contributed by atoms with van der Waals surface area (Å²) in [5.41, 5.74) is 5.96. The zero-order valence-corrected chi connectivity index (χ0v) is 12.6. The fraction of sp³-hybridized carbons (Fsp3) is 0.455. The van der Waals surface area contributed by atoms with Gasteiger partial charge in [0, 0.05) is 19.1 Å². The van der Waals surface area contributed by atoms with Gasteiger partial charge >= 0.3 is 0 Å². The number of aromatic amines is 1. The van der Waals surface area contributed by atoms with E-state index < -0.39 is 0 Å². The van der Waals surface area contributed by atoms with Gasteiger partial charge in [0.15, 0.2) is 5.15 Å². The number of H-pyrrole nitrogens is 1. The second kappa shape index (κ2) is 5.75. The van der Waals surface area contributed by atoms with E-state index in [9.17, 15) is 0 Å². The first-order valence-corrected chi connectivity index (χ1v) is 7.57. The van der Waals surface area contributed by atoms with Crippen molar-refractivity contribution in [2.45, 2.75) is 18.9 Å². The third-order valence-electron chi connectivity index (χ3n) is 3.36. The lowest BCUT2D eigenvalue weighted by atomic mass is 10.1. The average Bonchev–Trinajstić information content (AvgIpc) is 3.05. The van der Waals surface area contributed by atoms with Gasteiger partial charge in [0.2, 0.25) is 11.9 Å². The summed E-state index contributed by atoms with van der Waals surface area (Å²) in [5, 5.41) is 20.1. The van der Waals surface area contributed by atoms with Crippen LogP contribution < -0.4 is 16.0 Å². The maximum Gasteiger partial charge on any atom is 0.243 e. The second-order valence-corrected chi connectivity index (χ2v) is 5.83. The van der Waals surface area contributed by atoms with Crippen LogP contribution in [-0.4, -0.2) is 38.7 Å². The molecule has 3 heterocycles. The molecule has 8 nitrogen and oxygen atoms in total. The minimum Gasteiger partial charge on any atom is -0.368 e. The lowest BCUT2D eigenvalue weighted by Crippen LogP contribution is -2.39. The zero-order chi connectivity index (χ0) is 14.8. The van der Waals surface area contributed by atoms with E-state index in [4.69, 9.17) is 22.6 Å². The van der Waals surface area contributed by atoms with Crippen LogP contribution in [0, 0.1) is 11.3 Å². The molecule has 21 heavy (non-hydrogen) atoms. The first-order valence-electron chi connectivity index (χ1n) is 6.42. The minimum absolute atomic E-state index is 0.283. The van der Waals surface area contributed by atoms with Crippen LogP contribution in [0.15, 0.2) is 0 Å². The fourth-order valence-corrected chi connectivity index (χ4v) is 3.40. The highest BCUT2D eigenvalue weighted by atomic mass is 35.5. The van der Waals surface area contributed by atoms with Crippen molar-refractivity contribution in [2.75, 3.05) is 29.0 Å². The summed E-state index contributed by atoms with van der Waals surface area (Å²) < 4.78 is 4.04. The molecule has 10 heteroatoms. The number of nitrogen functional groups attached to an aromatic ring is 1. The summed E-state index contributed by atoms with van der Waals surface area (Å²) in [4.78, 5) is 6.18. The van der Waals surface area contributed by atoms with Crippen LogP contribution in [0.3, 0.4) is 0 Å². The molecule has 0 amide bonds. The summed E-state index contributed by atoms with van der Waals surface area (Å²) in [6.07, 6.45) is 1.82. The van der Waals surface area contributed by atoms with Crippen molar-refractivity contribution in [3.63, 3.8) is 0 Å². The summed E-state index contributed by atoms with van der Waals surface area (Å²) in [6.45, 7) is 1.65. The van der Waals surface area contributed by atoms with Gasteiger partial charge in [-0.15, -0.1) is 5.10 Å². The Hall–Kier alpha value is -2.05. The van der Waals surface area contributed by atoms with E-state index in [2.05, 4.69) is 35.8 Å². The van der Waals surface area contributed by atoms with Gasteiger partial charge in [0.25, 0.3) is 0 Å². The molecular formula is C11H13ClN8S. The van der Waals surface area contributed by atoms with E-state index in [1.165, 1.54) is 11.5 Å². The van der Waals surface area contributed by atoms with Gasteiger partial charge in [-0.3, -0.25) is 0 Å². The first kappa shape index (κ1) is 13.9. The lowest BCUT2D eigenvalue weighted by Gasteiger charge is -2.32. The van der Waals surface area contributed by atoms with Crippen molar-refractivity contribution in [1.29, 1.82) is 5.26 Å². The highest BCUT2D eigenvalue weighted by Gasteiger charge is 2.24. The van der Waals surface area contributed by atoms with Crippen molar-refractivity contribution in [1.82, 2.24) is 19.6 Å². The fourth-order valence-electron chi connectivity index (χ4n) is 2.32. The molecule has 0 saturated carbocycles. The molecule has 0 unspecified atom stereocenters. The quantitative estimate of drug-likeness (QED) is 0.781. The number of nitriles is 1. The summed E-state index contributed by atoms with van der Waals surface area (Å²) >= 11 is 7.18. The maximum absolute atomic E-state index is 9.13. The number of halogens is 1. The number of hydrogen-bond donors (Lipinski definition) is 3. The van der Waals surface area contributed by atoms with Gasteiger partial charge in [-0.25, -0.2) is 5.10 Å². The van der Waals surface area contributed by atoms with Gasteiger partial charge in [-0.05, 0) is 24.4 Å². The number of rotatable bonds is 3. The molecule has 1 fully saturated rings. The van der Waals surface area contributed by atoms with Crippen molar-refractivity contribution in [3.8, 4) is 6.07 Å². The SMILES string of the molecule is N#Cc1c(Cl)nsc1N1CCC(Nc2n[nH]c(N)n2)CC1. The van der Waals surface area contributed by atoms with Crippen molar-refractivity contribution < 1.29 is 0 Å². The van der Waals surface area contributed by atoms with Crippen LogP contribution in [0.1, 0.15) is 18.4 Å². The molecule has 3 rings (SSSR count). The van der Waals surface area contributed by atoms with E-state index in [1.807, 2.05) is 0 Å². The second-order valence-electron chi connectivity index (χ2n) is 4.72. The molecule has 0 radical (unpaired) electrons. The van der Waals surface area contributed by atoms with Gasteiger partial charge in [-0.2, -0.15) is 14.6 Å². The number of nitrogens with one attached hydrogen (secondary N) is 2. The van der Waals surface area contributed by atoms with Crippen LogP contribution >= 0.6 is 23.1 Å². The molecule has 110 valence electrons. The molecule has 1 aliphatic rings. The van der Waals surface area contributed by atoms with Crippen LogP contribution in [0.2, 0.25) is 5.15 Å². The van der Waals surface area contributed by atoms with Crippen LogP contribution in [0.5, 0.6) is 0 Å². The first-order chi connectivity index (χ1) is 10.2. The minimum atomic E-state index is 0.283. The van der Waals surface area contributed by atoms with Crippen LogP contribution in [0.4, 0.5) is 16.9 Å². The van der Waals surface area contributed by atoms with E-state index >= 15 is 0 Å². The van der Waals surface area contributed by atoms with E-state index in [-0.39, 0.29) is 11.2 Å². The number of anilines is 3. The molecule has 4 N–H and O–H groups in total. The summed E-state index contributed by atoms with van der Waals surface area (Å²) in [7, 11) is 0.